The summed E-state index contributed by atoms with van der Waals surface area (Å²) in [6.45, 7) is 0. The van der Waals surface area contributed by atoms with Crippen molar-refractivity contribution in [3.63, 3.8) is 0 Å². The van der Waals surface area contributed by atoms with Gasteiger partial charge in [-0.2, -0.15) is 4.37 Å². The molecule has 3 aliphatic rings. The van der Waals surface area contributed by atoms with Crippen LogP contribution in [-0.4, -0.2) is 22.2 Å². The summed E-state index contributed by atoms with van der Waals surface area (Å²) in [4.78, 5) is 39.2. The molecule has 1 atom stereocenters. The number of imide groups is 2. The number of hydrogen-bond donors (Lipinski definition) is 2. The van der Waals surface area contributed by atoms with Crippen LogP contribution in [0.2, 0.25) is 0 Å². The Balaban J connectivity index is 1.82. The second-order valence-electron chi connectivity index (χ2n) is 4.85. The second-order valence-corrected chi connectivity index (χ2v) is 5.63. The van der Waals surface area contributed by atoms with Gasteiger partial charge in [-0.25, -0.2) is 9.79 Å². The van der Waals surface area contributed by atoms with Crippen molar-refractivity contribution < 1.29 is 14.4 Å². The van der Waals surface area contributed by atoms with Crippen LogP contribution in [0.5, 0.6) is 0 Å². The van der Waals surface area contributed by atoms with E-state index in [4.69, 9.17) is 0 Å². The summed E-state index contributed by atoms with van der Waals surface area (Å²) < 4.78 is 4.93. The lowest BCUT2D eigenvalue weighted by Gasteiger charge is -2.18. The summed E-state index contributed by atoms with van der Waals surface area (Å²) in [7, 11) is 0. The molecule has 1 saturated heterocycles. The fourth-order valence-electron chi connectivity index (χ4n) is 2.59. The Morgan fingerprint density at radius 3 is 2.73 bits per heavy atom. The number of carbonyl (C=O) groups excluding carboxylic acids is 3. The Morgan fingerprint density at radius 1 is 1.18 bits per heavy atom. The molecular formula is C14H8N4O3S. The Morgan fingerprint density at radius 2 is 1.95 bits per heavy atom. The third-order valence-electron chi connectivity index (χ3n) is 3.53. The first-order chi connectivity index (χ1) is 10.6. The van der Waals surface area contributed by atoms with Crippen molar-refractivity contribution in [3.8, 4) is 0 Å². The summed E-state index contributed by atoms with van der Waals surface area (Å²) in [5.41, 5.74) is 1.64. The fraction of sp³-hybridized carbons (Fsp3) is 0.0714. The minimum absolute atomic E-state index is 0.0837. The number of nitrogens with zero attached hydrogens (tertiary/aromatic N) is 2. The van der Waals surface area contributed by atoms with Crippen LogP contribution < -0.4 is 20.5 Å². The number of nitrogens with one attached hydrogen (secondary N) is 2. The third kappa shape index (κ3) is 1.85. The molecule has 2 N–H and O–H groups in total. The number of amides is 4. The zero-order valence-electron chi connectivity index (χ0n) is 11.0. The van der Waals surface area contributed by atoms with E-state index >= 15 is 0 Å². The SMILES string of the molecule is O=C1NC(=O)C(=CC2C=CC=C3N=c4sncc4=C32)C(=O)N1. The van der Waals surface area contributed by atoms with Crippen LogP contribution in [0.4, 0.5) is 4.79 Å². The molecule has 4 amide bonds. The molecule has 0 bridgehead atoms. The summed E-state index contributed by atoms with van der Waals surface area (Å²) in [6, 6.07) is -0.806. The number of fused-ring (bicyclic) bond motifs is 2. The largest absolute Gasteiger partial charge is 0.328 e. The van der Waals surface area contributed by atoms with E-state index in [1.54, 1.807) is 6.20 Å². The zero-order chi connectivity index (χ0) is 15.3. The molecule has 1 aromatic rings. The number of allylic oxidation sites excluding steroid dienone is 5. The van der Waals surface area contributed by atoms with Gasteiger partial charge in [-0.1, -0.05) is 18.2 Å². The molecule has 0 saturated carbocycles. The molecule has 0 radical (unpaired) electrons. The van der Waals surface area contributed by atoms with Gasteiger partial charge in [0.05, 0.1) is 11.9 Å². The minimum atomic E-state index is -0.806. The molecule has 1 aromatic heterocycles. The summed E-state index contributed by atoms with van der Waals surface area (Å²) in [5.74, 6) is -1.67. The summed E-state index contributed by atoms with van der Waals surface area (Å²) in [6.07, 6.45) is 8.84. The highest BCUT2D eigenvalue weighted by molar-refractivity contribution is 7.03. The number of urea groups is 1. The van der Waals surface area contributed by atoms with Crippen molar-refractivity contribution in [1.29, 1.82) is 0 Å². The van der Waals surface area contributed by atoms with Gasteiger partial charge in [0, 0.05) is 16.7 Å². The van der Waals surface area contributed by atoms with Gasteiger partial charge in [0.1, 0.15) is 10.2 Å². The highest BCUT2D eigenvalue weighted by Gasteiger charge is 2.30. The standard InChI is InChI=1S/C14H8N4O3S/c19-11-7(12(20)18-14(21)17-11)4-6-2-1-3-9-10(6)8-5-15-22-13(8)16-9/h1-6H,(H2,17,18,19,20,21). The molecule has 0 spiro atoms. The Hall–Kier alpha value is -2.87. The highest BCUT2D eigenvalue weighted by Crippen LogP contribution is 2.30. The van der Waals surface area contributed by atoms with Crippen molar-refractivity contribution in [2.24, 2.45) is 10.9 Å². The van der Waals surface area contributed by atoms with Gasteiger partial charge in [-0.3, -0.25) is 20.2 Å². The van der Waals surface area contributed by atoms with Gasteiger partial charge in [0.25, 0.3) is 11.8 Å². The van der Waals surface area contributed by atoms with Crippen molar-refractivity contribution in [1.82, 2.24) is 15.0 Å². The maximum absolute atomic E-state index is 11.8. The molecular weight excluding hydrogens is 304 g/mol. The average Bonchev–Trinajstić information content (AvgIpc) is 3.03. The minimum Gasteiger partial charge on any atom is -0.273 e. The molecule has 108 valence electrons. The van der Waals surface area contributed by atoms with E-state index in [9.17, 15) is 14.4 Å². The van der Waals surface area contributed by atoms with Gasteiger partial charge in [-0.05, 0) is 17.6 Å². The molecule has 4 rings (SSSR count). The van der Waals surface area contributed by atoms with Crippen molar-refractivity contribution in [2.75, 3.05) is 0 Å². The lowest BCUT2D eigenvalue weighted by Crippen LogP contribution is -2.51. The van der Waals surface area contributed by atoms with Gasteiger partial charge in [0.15, 0.2) is 0 Å². The van der Waals surface area contributed by atoms with Crippen LogP contribution in [0.3, 0.4) is 0 Å². The lowest BCUT2D eigenvalue weighted by atomic mass is 9.89. The number of rotatable bonds is 1. The normalized spacial score (nSPS) is 22.5. The van der Waals surface area contributed by atoms with E-state index in [0.29, 0.717) is 0 Å². The Kier molecular flexibility index (Phi) is 2.67. The summed E-state index contributed by atoms with van der Waals surface area (Å²) in [5, 5.41) is 5.04. The number of carbonyl (C=O) groups is 3. The van der Waals surface area contributed by atoms with Crippen LogP contribution in [0.1, 0.15) is 0 Å². The monoisotopic (exact) mass is 312 g/mol. The molecule has 1 aliphatic carbocycles. The van der Waals surface area contributed by atoms with Crippen molar-refractivity contribution in [3.05, 3.63) is 51.7 Å². The smallest absolute Gasteiger partial charge is 0.273 e. The Labute approximate surface area is 127 Å². The van der Waals surface area contributed by atoms with Gasteiger partial charge in [-0.15, -0.1) is 0 Å². The maximum atomic E-state index is 11.8. The predicted octanol–water partition coefficient (Wildman–Crippen LogP) is -0.711. The third-order valence-corrected chi connectivity index (χ3v) is 4.23. The van der Waals surface area contributed by atoms with E-state index in [1.807, 2.05) is 18.2 Å². The van der Waals surface area contributed by atoms with E-state index < -0.39 is 17.8 Å². The van der Waals surface area contributed by atoms with Crippen LogP contribution >= 0.6 is 11.5 Å². The molecule has 1 unspecified atom stereocenters. The van der Waals surface area contributed by atoms with Gasteiger partial charge >= 0.3 is 6.03 Å². The molecule has 7 nitrogen and oxygen atoms in total. The Bertz CT molecular complexity index is 929. The zero-order valence-corrected chi connectivity index (χ0v) is 11.8. The van der Waals surface area contributed by atoms with E-state index in [1.165, 1.54) is 17.6 Å². The lowest BCUT2D eigenvalue weighted by molar-refractivity contribution is -0.124. The number of hydrogen-bond acceptors (Lipinski definition) is 6. The van der Waals surface area contributed by atoms with E-state index in [0.717, 1.165) is 21.2 Å². The maximum Gasteiger partial charge on any atom is 0.328 e. The van der Waals surface area contributed by atoms with Gasteiger partial charge < -0.3 is 0 Å². The molecule has 3 heterocycles. The molecule has 2 aliphatic heterocycles. The van der Waals surface area contributed by atoms with Crippen molar-refractivity contribution in [2.45, 2.75) is 0 Å². The van der Waals surface area contributed by atoms with E-state index in [-0.39, 0.29) is 11.5 Å². The van der Waals surface area contributed by atoms with Crippen LogP contribution in [0.15, 0.2) is 46.8 Å². The highest BCUT2D eigenvalue weighted by atomic mass is 32.1. The van der Waals surface area contributed by atoms with Gasteiger partial charge in [0.2, 0.25) is 0 Å². The quantitative estimate of drug-likeness (QED) is 0.528. The second kappa shape index (κ2) is 4.57. The summed E-state index contributed by atoms with van der Waals surface area (Å²) >= 11 is 1.30. The predicted molar refractivity (Wildman–Crippen MR) is 76.8 cm³/mol. The van der Waals surface area contributed by atoms with Crippen LogP contribution in [0.25, 0.3) is 5.57 Å². The molecule has 22 heavy (non-hydrogen) atoms. The first kappa shape index (κ1) is 12.8. The van der Waals surface area contributed by atoms with Crippen LogP contribution in [-0.2, 0) is 9.59 Å². The first-order valence-corrected chi connectivity index (χ1v) is 7.22. The molecule has 0 aromatic carbocycles. The number of aromatic nitrogens is 1. The van der Waals surface area contributed by atoms with Crippen molar-refractivity contribution >= 4 is 35.0 Å². The molecule has 8 heteroatoms. The van der Waals surface area contributed by atoms with Crippen LogP contribution in [0, 0.1) is 5.92 Å². The first-order valence-electron chi connectivity index (χ1n) is 6.44. The number of barbiturate groups is 1. The topological polar surface area (TPSA) is 101 Å². The molecule has 1 fully saturated rings. The van der Waals surface area contributed by atoms with E-state index in [2.05, 4.69) is 20.0 Å². The fourth-order valence-corrected chi connectivity index (χ4v) is 3.25. The average molecular weight is 312 g/mol.